The van der Waals surface area contributed by atoms with Gasteiger partial charge in [-0.3, -0.25) is 4.98 Å². The molecular weight excluding hydrogens is 168 g/mol. The average molecular weight is 182 g/mol. The number of thioether (sulfide) groups is 1. The number of aromatic nitrogens is 1. The topological polar surface area (TPSA) is 24.9 Å². The third kappa shape index (κ3) is 2.14. The van der Waals surface area contributed by atoms with Gasteiger partial charge in [0.05, 0.1) is 11.9 Å². The van der Waals surface area contributed by atoms with Crippen LogP contribution in [0.2, 0.25) is 0 Å². The molecule has 12 heavy (non-hydrogen) atoms. The number of hydrogen-bond donors (Lipinski definition) is 1. The van der Waals surface area contributed by atoms with E-state index < -0.39 is 0 Å². The smallest absolute Gasteiger partial charge is 0.0665 e. The Morgan fingerprint density at radius 3 is 3.08 bits per heavy atom. The van der Waals surface area contributed by atoms with E-state index in [4.69, 9.17) is 0 Å². The highest BCUT2D eigenvalue weighted by atomic mass is 32.2. The molecule has 1 N–H and O–H groups in total. The quantitative estimate of drug-likeness (QED) is 0.667. The first-order valence-electron chi connectivity index (χ1n) is 4.27. The van der Waals surface area contributed by atoms with E-state index in [1.165, 1.54) is 10.6 Å². The minimum atomic E-state index is 1.06. The van der Waals surface area contributed by atoms with Crippen LogP contribution >= 0.6 is 11.8 Å². The molecule has 2 rings (SSSR count). The van der Waals surface area contributed by atoms with E-state index in [1.807, 2.05) is 44.1 Å². The number of anilines is 1. The van der Waals surface area contributed by atoms with Crippen molar-refractivity contribution < 1.29 is 0 Å². The highest BCUT2D eigenvalue weighted by Gasteiger charge is 2.06. The van der Waals surface area contributed by atoms with Crippen molar-refractivity contribution in [2.75, 3.05) is 17.6 Å². The van der Waals surface area contributed by atoms with Gasteiger partial charge in [0, 0.05) is 23.4 Å². The van der Waals surface area contributed by atoms with Crippen LogP contribution in [0, 0.1) is 0 Å². The zero-order valence-corrected chi connectivity index (χ0v) is 8.32. The highest BCUT2D eigenvalue weighted by molar-refractivity contribution is 7.99. The van der Waals surface area contributed by atoms with Crippen LogP contribution in [-0.4, -0.2) is 17.3 Å². The Morgan fingerprint density at radius 2 is 2.33 bits per heavy atom. The van der Waals surface area contributed by atoms with Gasteiger partial charge >= 0.3 is 0 Å². The van der Waals surface area contributed by atoms with Gasteiger partial charge in [0.1, 0.15) is 0 Å². The predicted molar refractivity (Wildman–Crippen MR) is 54.8 cm³/mol. The molecule has 0 fully saturated rings. The standard InChI is InChI=1S/C7H8N2S.C2H6/c1-2-8-5-6-7(1)10-4-3-9-6;1-2/h1-2,5,9H,3-4H2;1-2H3. The number of pyridine rings is 1. The fourth-order valence-electron chi connectivity index (χ4n) is 0.987. The third-order valence-corrected chi connectivity index (χ3v) is 2.53. The van der Waals surface area contributed by atoms with Crippen LogP contribution in [0.25, 0.3) is 0 Å². The second kappa shape index (κ2) is 5.04. The SMILES string of the molecule is CC.c1cc2c(cn1)NCCS2. The molecule has 0 radical (unpaired) electrons. The Kier molecular flexibility index (Phi) is 3.94. The van der Waals surface area contributed by atoms with Crippen LogP contribution in [0.1, 0.15) is 13.8 Å². The van der Waals surface area contributed by atoms with Gasteiger partial charge < -0.3 is 5.32 Å². The second-order valence-corrected chi connectivity index (χ2v) is 3.28. The van der Waals surface area contributed by atoms with Gasteiger partial charge in [-0.25, -0.2) is 0 Å². The van der Waals surface area contributed by atoms with Crippen LogP contribution in [0.15, 0.2) is 23.4 Å². The summed E-state index contributed by atoms with van der Waals surface area (Å²) in [5.74, 6) is 1.16. The molecule has 0 aliphatic carbocycles. The van der Waals surface area contributed by atoms with Gasteiger partial charge in [-0.2, -0.15) is 0 Å². The summed E-state index contributed by atoms with van der Waals surface area (Å²) in [4.78, 5) is 5.34. The van der Waals surface area contributed by atoms with Gasteiger partial charge in [-0.15, -0.1) is 11.8 Å². The van der Waals surface area contributed by atoms with Crippen molar-refractivity contribution in [2.24, 2.45) is 0 Å². The van der Waals surface area contributed by atoms with Crippen molar-refractivity contribution in [1.82, 2.24) is 4.98 Å². The first-order valence-corrected chi connectivity index (χ1v) is 5.26. The molecule has 1 aromatic rings. The Morgan fingerprint density at radius 1 is 1.50 bits per heavy atom. The molecule has 0 amide bonds. The van der Waals surface area contributed by atoms with E-state index in [1.54, 1.807) is 0 Å². The molecule has 2 heterocycles. The summed E-state index contributed by atoms with van der Waals surface area (Å²) in [5.41, 5.74) is 1.18. The predicted octanol–water partition coefficient (Wildman–Crippen LogP) is 2.63. The molecule has 2 nitrogen and oxygen atoms in total. The molecular formula is C9H14N2S. The van der Waals surface area contributed by atoms with E-state index >= 15 is 0 Å². The summed E-state index contributed by atoms with van der Waals surface area (Å²) in [6.07, 6.45) is 3.71. The fraction of sp³-hybridized carbons (Fsp3) is 0.444. The molecule has 0 saturated carbocycles. The normalized spacial score (nSPS) is 13.5. The molecule has 0 bridgehead atoms. The van der Waals surface area contributed by atoms with Crippen LogP contribution in [0.4, 0.5) is 5.69 Å². The van der Waals surface area contributed by atoms with Crippen molar-refractivity contribution in [2.45, 2.75) is 18.7 Å². The largest absolute Gasteiger partial charge is 0.382 e. The molecule has 3 heteroatoms. The van der Waals surface area contributed by atoms with Gasteiger partial charge in [0.25, 0.3) is 0 Å². The minimum absolute atomic E-state index is 1.06. The van der Waals surface area contributed by atoms with Crippen LogP contribution < -0.4 is 5.32 Å². The maximum absolute atomic E-state index is 4.02. The molecule has 66 valence electrons. The highest BCUT2D eigenvalue weighted by Crippen LogP contribution is 2.28. The molecule has 1 aliphatic rings. The lowest BCUT2D eigenvalue weighted by Crippen LogP contribution is -2.09. The molecule has 1 aliphatic heterocycles. The molecule has 0 unspecified atom stereocenters. The van der Waals surface area contributed by atoms with Gasteiger partial charge in [0.15, 0.2) is 0 Å². The summed E-state index contributed by atoms with van der Waals surface area (Å²) in [7, 11) is 0. The van der Waals surface area contributed by atoms with Gasteiger partial charge in [0.2, 0.25) is 0 Å². The van der Waals surface area contributed by atoms with Crippen LogP contribution in [0.3, 0.4) is 0 Å². The summed E-state index contributed by atoms with van der Waals surface area (Å²) < 4.78 is 0. The summed E-state index contributed by atoms with van der Waals surface area (Å²) in [6.45, 7) is 5.06. The van der Waals surface area contributed by atoms with Crippen molar-refractivity contribution in [3.05, 3.63) is 18.5 Å². The number of rotatable bonds is 0. The molecule has 1 aromatic heterocycles. The Balaban J connectivity index is 0.000000336. The van der Waals surface area contributed by atoms with E-state index in [0.29, 0.717) is 0 Å². The molecule has 0 atom stereocenters. The summed E-state index contributed by atoms with van der Waals surface area (Å²) >= 11 is 1.89. The zero-order valence-electron chi connectivity index (χ0n) is 7.50. The number of hydrogen-bond acceptors (Lipinski definition) is 3. The van der Waals surface area contributed by atoms with Crippen molar-refractivity contribution in [3.63, 3.8) is 0 Å². The Bertz CT molecular complexity index is 213. The van der Waals surface area contributed by atoms with Crippen LogP contribution in [-0.2, 0) is 0 Å². The summed E-state index contributed by atoms with van der Waals surface area (Å²) in [5, 5.41) is 3.28. The Hall–Kier alpha value is -0.700. The lowest BCUT2D eigenvalue weighted by molar-refractivity contribution is 1.14. The lowest BCUT2D eigenvalue weighted by Gasteiger charge is -2.15. The monoisotopic (exact) mass is 182 g/mol. The first kappa shape index (κ1) is 9.39. The van der Waals surface area contributed by atoms with E-state index in [-0.39, 0.29) is 0 Å². The first-order chi connectivity index (χ1) is 5.97. The number of fused-ring (bicyclic) bond motifs is 1. The Labute approximate surface area is 77.8 Å². The van der Waals surface area contributed by atoms with Crippen molar-refractivity contribution in [1.29, 1.82) is 0 Å². The van der Waals surface area contributed by atoms with Gasteiger partial charge in [-0.05, 0) is 6.07 Å². The molecule has 0 aromatic carbocycles. The average Bonchev–Trinajstić information content (AvgIpc) is 2.21. The van der Waals surface area contributed by atoms with Gasteiger partial charge in [-0.1, -0.05) is 13.8 Å². The maximum atomic E-state index is 4.02. The third-order valence-electron chi connectivity index (χ3n) is 1.46. The van der Waals surface area contributed by atoms with Crippen molar-refractivity contribution in [3.8, 4) is 0 Å². The summed E-state index contributed by atoms with van der Waals surface area (Å²) in [6, 6.07) is 2.05. The zero-order chi connectivity index (χ0) is 8.81. The lowest BCUT2D eigenvalue weighted by atomic mass is 10.4. The fourth-order valence-corrected chi connectivity index (χ4v) is 1.85. The maximum Gasteiger partial charge on any atom is 0.0665 e. The molecule has 0 spiro atoms. The number of nitrogens with zero attached hydrogens (tertiary/aromatic N) is 1. The number of nitrogens with one attached hydrogen (secondary N) is 1. The van der Waals surface area contributed by atoms with E-state index in [0.717, 1.165) is 12.3 Å². The van der Waals surface area contributed by atoms with Crippen LogP contribution in [0.5, 0.6) is 0 Å². The molecule has 0 saturated heterocycles. The minimum Gasteiger partial charge on any atom is -0.382 e. The second-order valence-electron chi connectivity index (χ2n) is 2.15. The van der Waals surface area contributed by atoms with E-state index in [2.05, 4.69) is 10.3 Å². The van der Waals surface area contributed by atoms with E-state index in [9.17, 15) is 0 Å². The van der Waals surface area contributed by atoms with Crippen molar-refractivity contribution >= 4 is 17.4 Å².